The molecular formula is C11H17N3. The fraction of sp³-hybridized carbons (Fsp3) is 0.455. The molecule has 0 unspecified atom stereocenters. The van der Waals surface area contributed by atoms with Crippen molar-refractivity contribution in [1.29, 1.82) is 0 Å². The lowest BCUT2D eigenvalue weighted by molar-refractivity contribution is 0.756. The molecule has 0 atom stereocenters. The molecule has 1 saturated carbocycles. The Morgan fingerprint density at radius 3 is 2.50 bits per heavy atom. The minimum Gasteiger partial charge on any atom is -0.399 e. The van der Waals surface area contributed by atoms with Crippen molar-refractivity contribution in [3.8, 4) is 0 Å². The molecule has 0 amide bonds. The second-order valence-electron chi connectivity index (χ2n) is 3.97. The highest BCUT2D eigenvalue weighted by Gasteiger charge is 2.15. The molecule has 3 heteroatoms. The van der Waals surface area contributed by atoms with Gasteiger partial charge in [-0.1, -0.05) is 12.8 Å². The van der Waals surface area contributed by atoms with Crippen LogP contribution in [0, 0.1) is 0 Å². The predicted molar refractivity (Wildman–Crippen MR) is 61.1 cm³/mol. The summed E-state index contributed by atoms with van der Waals surface area (Å²) < 4.78 is 0. The van der Waals surface area contributed by atoms with Crippen molar-refractivity contribution in [3.05, 3.63) is 18.2 Å². The van der Waals surface area contributed by atoms with Crippen LogP contribution in [0.15, 0.2) is 18.2 Å². The third kappa shape index (κ3) is 1.92. The molecule has 0 heterocycles. The number of nitrogen functional groups attached to an aromatic ring is 2. The maximum atomic E-state index is 5.86. The first-order valence-corrected chi connectivity index (χ1v) is 5.17. The molecule has 0 aliphatic heterocycles. The molecule has 1 aromatic carbocycles. The number of hydrogen-bond acceptors (Lipinski definition) is 3. The molecule has 14 heavy (non-hydrogen) atoms. The number of anilines is 3. The van der Waals surface area contributed by atoms with Gasteiger partial charge in [0.05, 0.1) is 11.4 Å². The first-order chi connectivity index (χ1) is 6.75. The van der Waals surface area contributed by atoms with Crippen LogP contribution in [0.5, 0.6) is 0 Å². The van der Waals surface area contributed by atoms with Crippen LogP contribution in [0.2, 0.25) is 0 Å². The SMILES string of the molecule is Nc1ccc(NC2CCCC2)c(N)c1. The zero-order valence-corrected chi connectivity index (χ0v) is 8.29. The topological polar surface area (TPSA) is 64.1 Å². The molecule has 1 aliphatic rings. The Morgan fingerprint density at radius 1 is 1.14 bits per heavy atom. The lowest BCUT2D eigenvalue weighted by Crippen LogP contribution is -2.15. The van der Waals surface area contributed by atoms with E-state index in [1.807, 2.05) is 12.1 Å². The van der Waals surface area contributed by atoms with E-state index < -0.39 is 0 Å². The van der Waals surface area contributed by atoms with Gasteiger partial charge < -0.3 is 16.8 Å². The third-order valence-corrected chi connectivity index (χ3v) is 2.79. The van der Waals surface area contributed by atoms with Crippen LogP contribution in [0.25, 0.3) is 0 Å². The fourth-order valence-corrected chi connectivity index (χ4v) is 2.00. The van der Waals surface area contributed by atoms with E-state index in [0.29, 0.717) is 6.04 Å². The Bertz CT molecular complexity index is 316. The standard InChI is InChI=1S/C11H17N3/c12-8-5-6-11(10(13)7-8)14-9-3-1-2-4-9/h5-7,9,14H,1-4,12-13H2. The van der Waals surface area contributed by atoms with Crippen LogP contribution in [0.1, 0.15) is 25.7 Å². The number of hydrogen-bond donors (Lipinski definition) is 3. The van der Waals surface area contributed by atoms with Crippen LogP contribution in [-0.2, 0) is 0 Å². The zero-order chi connectivity index (χ0) is 9.97. The van der Waals surface area contributed by atoms with Crippen LogP contribution in [0.3, 0.4) is 0 Å². The molecule has 1 aliphatic carbocycles. The highest BCUT2D eigenvalue weighted by atomic mass is 14.9. The summed E-state index contributed by atoms with van der Waals surface area (Å²) in [4.78, 5) is 0. The normalized spacial score (nSPS) is 17.1. The average Bonchev–Trinajstić information content (AvgIpc) is 2.62. The van der Waals surface area contributed by atoms with Crippen molar-refractivity contribution in [2.75, 3.05) is 16.8 Å². The maximum Gasteiger partial charge on any atom is 0.0577 e. The number of benzene rings is 1. The van der Waals surface area contributed by atoms with E-state index in [0.717, 1.165) is 17.1 Å². The zero-order valence-electron chi connectivity index (χ0n) is 8.29. The first kappa shape index (κ1) is 9.19. The molecule has 76 valence electrons. The fourth-order valence-electron chi connectivity index (χ4n) is 2.00. The predicted octanol–water partition coefficient (Wildman–Crippen LogP) is 2.21. The van der Waals surface area contributed by atoms with Gasteiger partial charge in [0.2, 0.25) is 0 Å². The van der Waals surface area contributed by atoms with E-state index in [4.69, 9.17) is 11.5 Å². The second kappa shape index (κ2) is 3.78. The number of nitrogens with one attached hydrogen (secondary N) is 1. The average molecular weight is 191 g/mol. The quantitative estimate of drug-likeness (QED) is 0.628. The summed E-state index contributed by atoms with van der Waals surface area (Å²) in [5, 5.41) is 3.46. The summed E-state index contributed by atoms with van der Waals surface area (Å²) in [6.07, 6.45) is 5.16. The van der Waals surface area contributed by atoms with Crippen LogP contribution in [-0.4, -0.2) is 6.04 Å². The molecule has 0 radical (unpaired) electrons. The van der Waals surface area contributed by atoms with Gasteiger partial charge in [-0.3, -0.25) is 0 Å². The van der Waals surface area contributed by atoms with Gasteiger partial charge in [0.25, 0.3) is 0 Å². The van der Waals surface area contributed by atoms with E-state index in [1.54, 1.807) is 6.07 Å². The Morgan fingerprint density at radius 2 is 1.86 bits per heavy atom. The molecular weight excluding hydrogens is 174 g/mol. The number of nitrogens with two attached hydrogens (primary N) is 2. The van der Waals surface area contributed by atoms with Crippen LogP contribution < -0.4 is 16.8 Å². The van der Waals surface area contributed by atoms with Crippen molar-refractivity contribution in [1.82, 2.24) is 0 Å². The largest absolute Gasteiger partial charge is 0.399 e. The molecule has 0 bridgehead atoms. The molecule has 3 nitrogen and oxygen atoms in total. The third-order valence-electron chi connectivity index (χ3n) is 2.79. The molecule has 5 N–H and O–H groups in total. The Kier molecular flexibility index (Phi) is 2.48. The van der Waals surface area contributed by atoms with E-state index in [-0.39, 0.29) is 0 Å². The molecule has 0 saturated heterocycles. The van der Waals surface area contributed by atoms with Crippen molar-refractivity contribution in [2.24, 2.45) is 0 Å². The van der Waals surface area contributed by atoms with Crippen LogP contribution >= 0.6 is 0 Å². The summed E-state index contributed by atoms with van der Waals surface area (Å²) in [5.74, 6) is 0. The lowest BCUT2D eigenvalue weighted by Gasteiger charge is -2.15. The summed E-state index contributed by atoms with van der Waals surface area (Å²) >= 11 is 0. The van der Waals surface area contributed by atoms with Gasteiger partial charge in [-0.05, 0) is 31.0 Å². The molecule has 1 fully saturated rings. The highest BCUT2D eigenvalue weighted by Crippen LogP contribution is 2.26. The minimum atomic E-state index is 0.598. The van der Waals surface area contributed by atoms with Crippen molar-refractivity contribution in [3.63, 3.8) is 0 Å². The van der Waals surface area contributed by atoms with Crippen molar-refractivity contribution >= 4 is 17.1 Å². The smallest absolute Gasteiger partial charge is 0.0577 e. The molecule has 0 aromatic heterocycles. The van der Waals surface area contributed by atoms with Gasteiger partial charge in [0, 0.05) is 11.7 Å². The Balaban J connectivity index is 2.08. The lowest BCUT2D eigenvalue weighted by atomic mass is 10.2. The van der Waals surface area contributed by atoms with Crippen LogP contribution in [0.4, 0.5) is 17.1 Å². The number of rotatable bonds is 2. The first-order valence-electron chi connectivity index (χ1n) is 5.17. The summed E-state index contributed by atoms with van der Waals surface area (Å²) in [5.41, 5.74) is 14.0. The van der Waals surface area contributed by atoms with Gasteiger partial charge in [-0.15, -0.1) is 0 Å². The Hall–Kier alpha value is -1.38. The highest BCUT2D eigenvalue weighted by molar-refractivity contribution is 5.70. The monoisotopic (exact) mass is 191 g/mol. The Labute approximate surface area is 84.5 Å². The summed E-state index contributed by atoms with van der Waals surface area (Å²) in [6, 6.07) is 6.24. The van der Waals surface area contributed by atoms with Gasteiger partial charge >= 0.3 is 0 Å². The van der Waals surface area contributed by atoms with E-state index in [2.05, 4.69) is 5.32 Å². The van der Waals surface area contributed by atoms with Gasteiger partial charge in [-0.2, -0.15) is 0 Å². The molecule has 0 spiro atoms. The molecule has 1 aromatic rings. The van der Waals surface area contributed by atoms with E-state index in [9.17, 15) is 0 Å². The minimum absolute atomic E-state index is 0.598. The van der Waals surface area contributed by atoms with Crippen molar-refractivity contribution in [2.45, 2.75) is 31.7 Å². The van der Waals surface area contributed by atoms with Gasteiger partial charge in [-0.25, -0.2) is 0 Å². The summed E-state index contributed by atoms with van der Waals surface area (Å²) in [7, 11) is 0. The second-order valence-corrected chi connectivity index (χ2v) is 3.97. The van der Waals surface area contributed by atoms with Gasteiger partial charge in [0.15, 0.2) is 0 Å². The summed E-state index contributed by atoms with van der Waals surface area (Å²) in [6.45, 7) is 0. The van der Waals surface area contributed by atoms with Crippen molar-refractivity contribution < 1.29 is 0 Å². The van der Waals surface area contributed by atoms with E-state index in [1.165, 1.54) is 25.7 Å². The van der Waals surface area contributed by atoms with E-state index >= 15 is 0 Å². The van der Waals surface area contributed by atoms with Gasteiger partial charge in [0.1, 0.15) is 0 Å². The maximum absolute atomic E-state index is 5.86. The molecule has 2 rings (SSSR count).